The second-order valence-electron chi connectivity index (χ2n) is 12.7. The Hall–Kier alpha value is -4.05. The molecule has 11 heteroatoms. The number of methoxy groups -OCH3 is 2. The average Bonchev–Trinajstić information content (AvgIpc) is 3.27. The molecule has 1 aliphatic carbocycles. The minimum atomic E-state index is -4.52. The van der Waals surface area contributed by atoms with Gasteiger partial charge in [-0.3, -0.25) is 4.90 Å². The van der Waals surface area contributed by atoms with E-state index in [0.717, 1.165) is 35.3 Å². The number of carbonyl (C=O) groups is 2. The maximum absolute atomic E-state index is 13.6. The summed E-state index contributed by atoms with van der Waals surface area (Å²) in [7, 11) is 2.84. The zero-order valence-electron chi connectivity index (χ0n) is 26.5. The first-order chi connectivity index (χ1) is 21.6. The fourth-order valence-corrected chi connectivity index (χ4v) is 6.66. The average molecular weight is 657 g/mol. The molecule has 5 rings (SSSR count). The fourth-order valence-electron chi connectivity index (χ4n) is 6.37. The molecule has 0 N–H and O–H groups in total. The minimum Gasteiger partial charge on any atom is -0.481 e. The number of halogens is 4. The zero-order chi connectivity index (χ0) is 33.6. The van der Waals surface area contributed by atoms with Crippen LogP contribution >= 0.6 is 11.6 Å². The van der Waals surface area contributed by atoms with Crippen molar-refractivity contribution in [2.45, 2.75) is 65.3 Å². The highest BCUT2D eigenvalue weighted by molar-refractivity contribution is 6.33. The van der Waals surface area contributed by atoms with Crippen molar-refractivity contribution in [2.24, 2.45) is 5.41 Å². The van der Waals surface area contributed by atoms with Crippen molar-refractivity contribution in [2.75, 3.05) is 20.8 Å². The summed E-state index contributed by atoms with van der Waals surface area (Å²) in [6, 6.07) is 10.1. The van der Waals surface area contributed by atoms with Crippen LogP contribution in [0.1, 0.15) is 78.7 Å². The number of esters is 1. The molecule has 1 amide bonds. The SMILES string of the molecule is COC(=O)c1ccc(-c2cnc(OC)c(C3=C(CN4C(=O)O[C@H](c5cc(C)cc(C(F)(F)F)c5)[C@@H]4C)CC(C)(C)CC3)c2)c(Cl)c1. The summed E-state index contributed by atoms with van der Waals surface area (Å²) in [6.07, 6.45) is -2.08. The molecule has 0 unspecified atom stereocenters. The van der Waals surface area contributed by atoms with E-state index in [0.29, 0.717) is 51.6 Å². The van der Waals surface area contributed by atoms with E-state index in [1.165, 1.54) is 14.2 Å². The summed E-state index contributed by atoms with van der Waals surface area (Å²) in [5.41, 5.74) is 4.33. The lowest BCUT2D eigenvalue weighted by Gasteiger charge is -2.35. The van der Waals surface area contributed by atoms with Gasteiger partial charge in [0.05, 0.1) is 31.4 Å². The number of carbonyl (C=O) groups excluding carboxylic acids is 2. The number of rotatable bonds is 7. The largest absolute Gasteiger partial charge is 0.481 e. The highest BCUT2D eigenvalue weighted by atomic mass is 35.5. The molecule has 1 saturated heterocycles. The highest BCUT2D eigenvalue weighted by Gasteiger charge is 2.42. The van der Waals surface area contributed by atoms with E-state index >= 15 is 0 Å². The Labute approximate surface area is 271 Å². The van der Waals surface area contributed by atoms with Gasteiger partial charge in [-0.05, 0) is 85.6 Å². The van der Waals surface area contributed by atoms with Crippen LogP contribution in [0, 0.1) is 12.3 Å². The third kappa shape index (κ3) is 6.72. The Balaban J connectivity index is 1.53. The Morgan fingerprint density at radius 2 is 1.87 bits per heavy atom. The Morgan fingerprint density at radius 3 is 2.52 bits per heavy atom. The number of nitrogens with zero attached hydrogens (tertiary/aromatic N) is 2. The van der Waals surface area contributed by atoms with Gasteiger partial charge in [0, 0.05) is 34.5 Å². The van der Waals surface area contributed by atoms with Gasteiger partial charge >= 0.3 is 18.2 Å². The number of aromatic nitrogens is 1. The Bertz CT molecular complexity index is 1720. The van der Waals surface area contributed by atoms with E-state index in [-0.39, 0.29) is 12.0 Å². The van der Waals surface area contributed by atoms with Crippen molar-refractivity contribution in [1.82, 2.24) is 9.88 Å². The van der Waals surface area contributed by atoms with E-state index in [4.69, 9.17) is 25.8 Å². The molecule has 2 aliphatic rings. The van der Waals surface area contributed by atoms with Gasteiger partial charge in [-0.1, -0.05) is 43.1 Å². The molecule has 1 fully saturated rings. The lowest BCUT2D eigenvalue weighted by atomic mass is 9.72. The number of pyridine rings is 1. The molecule has 1 aliphatic heterocycles. The molecule has 2 atom stereocenters. The predicted molar refractivity (Wildman–Crippen MR) is 169 cm³/mol. The van der Waals surface area contributed by atoms with Crippen molar-refractivity contribution < 1.29 is 37.0 Å². The topological polar surface area (TPSA) is 78.0 Å². The number of allylic oxidation sites excluding steroid dienone is 1. The van der Waals surface area contributed by atoms with Crippen LogP contribution in [-0.4, -0.2) is 48.8 Å². The van der Waals surface area contributed by atoms with E-state index in [9.17, 15) is 22.8 Å². The highest BCUT2D eigenvalue weighted by Crippen LogP contribution is 2.46. The van der Waals surface area contributed by atoms with Gasteiger partial charge in [-0.25, -0.2) is 14.6 Å². The third-order valence-electron chi connectivity index (χ3n) is 8.75. The number of ether oxygens (including phenoxy) is 3. The van der Waals surface area contributed by atoms with Gasteiger partial charge in [0.15, 0.2) is 0 Å². The van der Waals surface area contributed by atoms with Crippen LogP contribution in [0.25, 0.3) is 16.7 Å². The van der Waals surface area contributed by atoms with Crippen LogP contribution < -0.4 is 4.74 Å². The molecule has 0 bridgehead atoms. The minimum absolute atomic E-state index is 0.0610. The molecule has 2 heterocycles. The van der Waals surface area contributed by atoms with Crippen molar-refractivity contribution in [1.29, 1.82) is 0 Å². The van der Waals surface area contributed by atoms with Gasteiger partial charge in [0.2, 0.25) is 5.88 Å². The van der Waals surface area contributed by atoms with Gasteiger partial charge < -0.3 is 14.2 Å². The number of benzene rings is 2. The van der Waals surface area contributed by atoms with Crippen LogP contribution in [0.2, 0.25) is 5.02 Å². The molecule has 3 aromatic rings. The molecule has 2 aromatic carbocycles. The first-order valence-electron chi connectivity index (χ1n) is 14.9. The predicted octanol–water partition coefficient (Wildman–Crippen LogP) is 9.07. The third-order valence-corrected chi connectivity index (χ3v) is 9.06. The van der Waals surface area contributed by atoms with E-state index in [2.05, 4.69) is 18.8 Å². The van der Waals surface area contributed by atoms with Gasteiger partial charge in [0.1, 0.15) is 6.10 Å². The monoisotopic (exact) mass is 656 g/mol. The maximum Gasteiger partial charge on any atom is 0.416 e. The summed E-state index contributed by atoms with van der Waals surface area (Å²) < 4.78 is 57.0. The Kier molecular flexibility index (Phi) is 9.14. The van der Waals surface area contributed by atoms with Crippen molar-refractivity contribution >= 4 is 29.2 Å². The number of alkyl halides is 3. The summed E-state index contributed by atoms with van der Waals surface area (Å²) in [5, 5.41) is 0.351. The quantitative estimate of drug-likeness (QED) is 0.236. The van der Waals surface area contributed by atoms with Crippen LogP contribution in [0.4, 0.5) is 18.0 Å². The molecule has 0 radical (unpaired) electrons. The van der Waals surface area contributed by atoms with Crippen molar-refractivity contribution in [3.63, 3.8) is 0 Å². The molecule has 46 heavy (non-hydrogen) atoms. The smallest absolute Gasteiger partial charge is 0.416 e. The number of cyclic esters (lactones) is 1. The summed E-state index contributed by atoms with van der Waals surface area (Å²) in [6.45, 7) is 7.95. The van der Waals surface area contributed by atoms with Gasteiger partial charge in [-0.2, -0.15) is 13.2 Å². The standard InChI is InChI=1S/C35H36ClF3N2O5/c1-19-11-22(13-25(12-19)35(37,38)39)30-20(2)41(33(43)46-30)18-24-16-34(3,4)10-9-26(24)28-14-23(17-40-31(28)44-5)27-8-7-21(15-29(27)36)32(42)45-6/h7-8,11-15,17,20,30H,9-10,16,18H2,1-6H3/t20-,30-/m0/s1. The lowest BCUT2D eigenvalue weighted by Crippen LogP contribution is -2.35. The second-order valence-corrected chi connectivity index (χ2v) is 13.1. The molecule has 1 aromatic heterocycles. The normalized spacial score (nSPS) is 19.7. The van der Waals surface area contributed by atoms with E-state index in [1.54, 1.807) is 49.2 Å². The summed E-state index contributed by atoms with van der Waals surface area (Å²) >= 11 is 6.60. The first kappa shape index (κ1) is 33.3. The van der Waals surface area contributed by atoms with Crippen LogP contribution in [0.15, 0.2) is 54.2 Å². The van der Waals surface area contributed by atoms with Crippen LogP contribution in [-0.2, 0) is 15.7 Å². The molecule has 0 saturated carbocycles. The molecule has 7 nitrogen and oxygen atoms in total. The second kappa shape index (κ2) is 12.6. The van der Waals surface area contributed by atoms with Crippen LogP contribution in [0.5, 0.6) is 5.88 Å². The summed E-state index contributed by atoms with van der Waals surface area (Å²) in [5.74, 6) is -0.0886. The number of amides is 1. The Morgan fingerprint density at radius 1 is 1.13 bits per heavy atom. The van der Waals surface area contributed by atoms with E-state index in [1.807, 2.05) is 6.07 Å². The first-order valence-corrected chi connectivity index (χ1v) is 15.3. The molecular weight excluding hydrogens is 621 g/mol. The zero-order valence-corrected chi connectivity index (χ0v) is 27.3. The molecular formula is C35H36ClF3N2O5. The van der Waals surface area contributed by atoms with Gasteiger partial charge in [0.25, 0.3) is 0 Å². The van der Waals surface area contributed by atoms with E-state index < -0.39 is 35.9 Å². The molecule has 244 valence electrons. The lowest BCUT2D eigenvalue weighted by molar-refractivity contribution is -0.137. The van der Waals surface area contributed by atoms with Crippen molar-refractivity contribution in [3.05, 3.63) is 87.1 Å². The number of hydrogen-bond donors (Lipinski definition) is 0. The number of hydrogen-bond acceptors (Lipinski definition) is 6. The molecule has 0 spiro atoms. The van der Waals surface area contributed by atoms with Crippen LogP contribution in [0.3, 0.4) is 0 Å². The van der Waals surface area contributed by atoms with Gasteiger partial charge in [-0.15, -0.1) is 0 Å². The number of aryl methyl sites for hydroxylation is 1. The maximum atomic E-state index is 13.6. The fraction of sp³-hybridized carbons (Fsp3) is 0.400. The summed E-state index contributed by atoms with van der Waals surface area (Å²) in [4.78, 5) is 31.5. The van der Waals surface area contributed by atoms with Crippen molar-refractivity contribution in [3.8, 4) is 17.0 Å².